The van der Waals surface area contributed by atoms with Gasteiger partial charge in [0.05, 0.1) is 6.10 Å². The molecule has 0 aromatic carbocycles. The van der Waals surface area contributed by atoms with E-state index in [0.29, 0.717) is 5.88 Å². The van der Waals surface area contributed by atoms with Gasteiger partial charge in [0, 0.05) is 12.5 Å². The fraction of sp³-hybridized carbons (Fsp3) is 0.889. The molecule has 0 saturated heterocycles. The first-order chi connectivity index (χ1) is 5.31. The van der Waals surface area contributed by atoms with Crippen LogP contribution in [0.15, 0.2) is 0 Å². The van der Waals surface area contributed by atoms with E-state index in [1.165, 1.54) is 6.42 Å². The average Bonchev–Trinajstić information content (AvgIpc) is 2.01. The van der Waals surface area contributed by atoms with Crippen molar-refractivity contribution in [2.45, 2.75) is 38.7 Å². The summed E-state index contributed by atoms with van der Waals surface area (Å²) in [6.45, 7) is 6.86. The normalized spacial score (nSPS) is 13.4. The Morgan fingerprint density at radius 3 is 2.73 bits per heavy atom. The monoisotopic (exact) mass is 177 g/mol. The van der Waals surface area contributed by atoms with Gasteiger partial charge in [-0.25, -0.2) is 0 Å². The molecular weight excluding hydrogens is 160 g/mol. The minimum absolute atomic E-state index is 0.139. The van der Waals surface area contributed by atoms with Crippen LogP contribution in [-0.2, 0) is 4.74 Å². The maximum Gasteiger partial charge on any atom is 0.0576 e. The zero-order valence-corrected chi connectivity index (χ0v) is 8.07. The van der Waals surface area contributed by atoms with Crippen molar-refractivity contribution in [1.82, 2.24) is 0 Å². The highest BCUT2D eigenvalue weighted by Gasteiger charge is 1.99. The molecule has 0 amide bonds. The van der Waals surface area contributed by atoms with Crippen LogP contribution in [0.5, 0.6) is 0 Å². The first kappa shape index (κ1) is 11.2. The first-order valence-corrected chi connectivity index (χ1v) is 4.85. The largest absolute Gasteiger partial charge is 0.378 e. The number of rotatable bonds is 7. The number of hydrogen-bond acceptors (Lipinski definition) is 1. The standard InChI is InChI=1S/C9H18ClO/c1-3-4-8-11-9(2)6-5-7-10/h9H,2-8H2,1H3. The second kappa shape index (κ2) is 8.35. The Morgan fingerprint density at radius 1 is 1.45 bits per heavy atom. The van der Waals surface area contributed by atoms with E-state index in [-0.39, 0.29) is 6.10 Å². The van der Waals surface area contributed by atoms with Crippen LogP contribution < -0.4 is 0 Å². The Morgan fingerprint density at radius 2 is 2.18 bits per heavy atom. The van der Waals surface area contributed by atoms with Crippen molar-refractivity contribution in [2.24, 2.45) is 0 Å². The first-order valence-electron chi connectivity index (χ1n) is 4.32. The maximum absolute atomic E-state index is 5.52. The lowest BCUT2D eigenvalue weighted by Gasteiger charge is -2.10. The molecule has 2 heteroatoms. The summed E-state index contributed by atoms with van der Waals surface area (Å²) >= 11 is 5.52. The summed E-state index contributed by atoms with van der Waals surface area (Å²) in [6.07, 6.45) is 4.43. The van der Waals surface area contributed by atoms with Crippen molar-refractivity contribution >= 4 is 11.6 Å². The molecule has 0 heterocycles. The van der Waals surface area contributed by atoms with Crippen molar-refractivity contribution < 1.29 is 4.74 Å². The summed E-state index contributed by atoms with van der Waals surface area (Å²) in [5.41, 5.74) is 0. The van der Waals surface area contributed by atoms with E-state index >= 15 is 0 Å². The summed E-state index contributed by atoms with van der Waals surface area (Å²) in [7, 11) is 0. The van der Waals surface area contributed by atoms with Crippen LogP contribution in [0.2, 0.25) is 0 Å². The van der Waals surface area contributed by atoms with Gasteiger partial charge in [0.2, 0.25) is 0 Å². The SMILES string of the molecule is [CH2]C(CCCCl)OCCCC. The molecule has 0 aliphatic rings. The molecule has 1 atom stereocenters. The minimum Gasteiger partial charge on any atom is -0.378 e. The predicted molar refractivity (Wildman–Crippen MR) is 50.0 cm³/mol. The molecule has 0 fully saturated rings. The van der Waals surface area contributed by atoms with E-state index in [1.54, 1.807) is 0 Å². The summed E-state index contributed by atoms with van der Waals surface area (Å²) in [6, 6.07) is 0. The van der Waals surface area contributed by atoms with Gasteiger partial charge in [0.1, 0.15) is 0 Å². The Balaban J connectivity index is 3.02. The highest BCUT2D eigenvalue weighted by atomic mass is 35.5. The lowest BCUT2D eigenvalue weighted by molar-refractivity contribution is 0.0751. The Hall–Kier alpha value is 0.250. The van der Waals surface area contributed by atoms with Crippen molar-refractivity contribution in [3.05, 3.63) is 6.92 Å². The van der Waals surface area contributed by atoms with Gasteiger partial charge in [-0.1, -0.05) is 13.3 Å². The second-order valence-corrected chi connectivity index (χ2v) is 3.06. The van der Waals surface area contributed by atoms with Gasteiger partial charge in [-0.2, -0.15) is 0 Å². The van der Waals surface area contributed by atoms with Crippen LogP contribution in [0, 0.1) is 6.92 Å². The molecule has 0 rings (SSSR count). The molecule has 67 valence electrons. The van der Waals surface area contributed by atoms with Crippen molar-refractivity contribution in [3.63, 3.8) is 0 Å². The minimum atomic E-state index is 0.139. The van der Waals surface area contributed by atoms with Gasteiger partial charge >= 0.3 is 0 Å². The summed E-state index contributed by atoms with van der Waals surface area (Å²) in [5.74, 6) is 0.711. The van der Waals surface area contributed by atoms with E-state index in [4.69, 9.17) is 16.3 Å². The third kappa shape index (κ3) is 8.15. The van der Waals surface area contributed by atoms with Crippen LogP contribution in [0.25, 0.3) is 0 Å². The molecule has 0 spiro atoms. The zero-order valence-electron chi connectivity index (χ0n) is 7.31. The van der Waals surface area contributed by atoms with Crippen LogP contribution in [-0.4, -0.2) is 18.6 Å². The topological polar surface area (TPSA) is 9.23 Å². The van der Waals surface area contributed by atoms with E-state index in [1.807, 2.05) is 0 Å². The van der Waals surface area contributed by atoms with Crippen molar-refractivity contribution in [1.29, 1.82) is 0 Å². The van der Waals surface area contributed by atoms with Crippen molar-refractivity contribution in [2.75, 3.05) is 12.5 Å². The quantitative estimate of drug-likeness (QED) is 0.429. The fourth-order valence-corrected chi connectivity index (χ4v) is 0.937. The third-order valence-corrected chi connectivity index (χ3v) is 1.78. The lowest BCUT2D eigenvalue weighted by atomic mass is 10.2. The average molecular weight is 178 g/mol. The molecular formula is C9H18ClO. The van der Waals surface area contributed by atoms with E-state index in [9.17, 15) is 0 Å². The van der Waals surface area contributed by atoms with Crippen molar-refractivity contribution in [3.8, 4) is 0 Å². The number of ether oxygens (including phenoxy) is 1. The highest BCUT2D eigenvalue weighted by Crippen LogP contribution is 2.03. The summed E-state index contributed by atoms with van der Waals surface area (Å²) in [5, 5.41) is 0. The molecule has 1 unspecified atom stereocenters. The van der Waals surface area contributed by atoms with E-state index < -0.39 is 0 Å². The summed E-state index contributed by atoms with van der Waals surface area (Å²) in [4.78, 5) is 0. The molecule has 1 nitrogen and oxygen atoms in total. The lowest BCUT2D eigenvalue weighted by Crippen LogP contribution is -2.09. The predicted octanol–water partition coefficient (Wildman–Crippen LogP) is 3.02. The van der Waals surface area contributed by atoms with Gasteiger partial charge in [-0.15, -0.1) is 11.6 Å². The highest BCUT2D eigenvalue weighted by molar-refractivity contribution is 6.17. The van der Waals surface area contributed by atoms with Crippen LogP contribution in [0.4, 0.5) is 0 Å². The van der Waals surface area contributed by atoms with E-state index in [0.717, 1.165) is 25.9 Å². The van der Waals surface area contributed by atoms with Crippen LogP contribution in [0.1, 0.15) is 32.6 Å². The molecule has 1 radical (unpaired) electrons. The smallest absolute Gasteiger partial charge is 0.0576 e. The van der Waals surface area contributed by atoms with Gasteiger partial charge in [-0.3, -0.25) is 0 Å². The van der Waals surface area contributed by atoms with Gasteiger partial charge in [0.15, 0.2) is 0 Å². The molecule has 0 saturated carbocycles. The van der Waals surface area contributed by atoms with E-state index in [2.05, 4.69) is 13.8 Å². The number of unbranched alkanes of at least 4 members (excludes halogenated alkanes) is 1. The zero-order chi connectivity index (χ0) is 8.53. The van der Waals surface area contributed by atoms with Crippen LogP contribution >= 0.6 is 11.6 Å². The molecule has 0 N–H and O–H groups in total. The molecule has 0 aromatic heterocycles. The van der Waals surface area contributed by atoms with Gasteiger partial charge in [0.25, 0.3) is 0 Å². The van der Waals surface area contributed by atoms with Gasteiger partial charge in [-0.05, 0) is 26.2 Å². The van der Waals surface area contributed by atoms with Crippen LogP contribution in [0.3, 0.4) is 0 Å². The Bertz CT molecular complexity index is 76.0. The Kier molecular flexibility index (Phi) is 8.54. The molecule has 0 aliphatic heterocycles. The second-order valence-electron chi connectivity index (χ2n) is 2.68. The number of alkyl halides is 1. The molecule has 11 heavy (non-hydrogen) atoms. The number of halogens is 1. The fourth-order valence-electron chi connectivity index (χ4n) is 0.782. The Labute approximate surface area is 75.1 Å². The molecule has 0 bridgehead atoms. The third-order valence-electron chi connectivity index (χ3n) is 1.51. The molecule has 0 aromatic rings. The molecule has 0 aliphatic carbocycles. The summed E-state index contributed by atoms with van der Waals surface area (Å²) < 4.78 is 5.41. The van der Waals surface area contributed by atoms with Gasteiger partial charge < -0.3 is 4.74 Å². The maximum atomic E-state index is 5.52. The number of hydrogen-bond donors (Lipinski definition) is 0.